The molecule has 38 heavy (non-hydrogen) atoms. The van der Waals surface area contributed by atoms with E-state index >= 15 is 0 Å². The lowest BCUT2D eigenvalue weighted by Crippen LogP contribution is -2.34. The Kier molecular flexibility index (Phi) is 9.71. The number of unbranched alkanes of at least 4 members (excludes halogenated alkanes) is 2. The lowest BCUT2D eigenvalue weighted by atomic mass is 10.1. The van der Waals surface area contributed by atoms with E-state index in [0.717, 1.165) is 40.5 Å². The summed E-state index contributed by atoms with van der Waals surface area (Å²) in [4.78, 5) is 44.2. The molecule has 1 fully saturated rings. The number of rotatable bonds is 13. The number of aromatic nitrogens is 2. The number of amides is 3. The van der Waals surface area contributed by atoms with Crippen LogP contribution in [0.15, 0.2) is 36.2 Å². The molecule has 0 aliphatic carbocycles. The second kappa shape index (κ2) is 12.7. The van der Waals surface area contributed by atoms with Crippen LogP contribution in [0.25, 0.3) is 6.08 Å². The molecule has 1 aliphatic heterocycles. The molecule has 0 radical (unpaired) electrons. The number of nitrogens with zero attached hydrogens (tertiary/aromatic N) is 4. The van der Waals surface area contributed by atoms with Crippen molar-refractivity contribution in [1.82, 2.24) is 19.4 Å². The molecule has 11 heteroatoms. The first kappa shape index (κ1) is 28.9. The Hall–Kier alpha value is -3.63. The zero-order valence-electron chi connectivity index (χ0n) is 21.6. The SMILES string of the molecule is CCCCc1ncc(/C=C2/C(=O)N(CCCC)C(=O)N2CCCC(F)(F)F)n1Cc1ccc(C(=O)O)cc1. The first-order valence-electron chi connectivity index (χ1n) is 12.8. The van der Waals surface area contributed by atoms with Gasteiger partial charge in [-0.1, -0.05) is 38.8 Å². The molecule has 8 nitrogen and oxygen atoms in total. The van der Waals surface area contributed by atoms with E-state index in [9.17, 15) is 32.7 Å². The summed E-state index contributed by atoms with van der Waals surface area (Å²) in [5, 5.41) is 9.18. The molecule has 206 valence electrons. The van der Waals surface area contributed by atoms with Crippen LogP contribution < -0.4 is 0 Å². The zero-order valence-corrected chi connectivity index (χ0v) is 21.6. The highest BCUT2D eigenvalue weighted by Crippen LogP contribution is 2.28. The number of carboxylic acid groups (broad SMARTS) is 1. The van der Waals surface area contributed by atoms with Crippen LogP contribution in [0.3, 0.4) is 0 Å². The molecule has 3 rings (SSSR count). The number of alkyl halides is 3. The third-order valence-electron chi connectivity index (χ3n) is 6.34. The van der Waals surface area contributed by atoms with E-state index < -0.39 is 30.5 Å². The summed E-state index contributed by atoms with van der Waals surface area (Å²) in [6.07, 6.45) is 1.18. The molecule has 2 aromatic rings. The Morgan fingerprint density at radius 2 is 1.66 bits per heavy atom. The number of imidazole rings is 1. The Labute approximate surface area is 219 Å². The van der Waals surface area contributed by atoms with Crippen LogP contribution in [0.1, 0.15) is 79.8 Å². The van der Waals surface area contributed by atoms with Crippen LogP contribution in [-0.4, -0.2) is 61.6 Å². The van der Waals surface area contributed by atoms with E-state index in [2.05, 4.69) is 4.98 Å². The topological polar surface area (TPSA) is 95.7 Å². The average molecular weight is 535 g/mol. The van der Waals surface area contributed by atoms with Gasteiger partial charge in [0.05, 0.1) is 17.5 Å². The minimum atomic E-state index is -4.36. The summed E-state index contributed by atoms with van der Waals surface area (Å²) < 4.78 is 40.2. The number of aromatic carboxylic acids is 1. The summed E-state index contributed by atoms with van der Waals surface area (Å²) in [7, 11) is 0. The number of carboxylic acids is 1. The predicted octanol–water partition coefficient (Wildman–Crippen LogP) is 5.72. The highest BCUT2D eigenvalue weighted by atomic mass is 19.4. The molecule has 1 saturated heterocycles. The quantitative estimate of drug-likeness (QED) is 0.262. The van der Waals surface area contributed by atoms with E-state index in [1.807, 2.05) is 18.4 Å². The van der Waals surface area contributed by atoms with E-state index in [1.165, 1.54) is 18.2 Å². The first-order chi connectivity index (χ1) is 18.1. The van der Waals surface area contributed by atoms with Crippen molar-refractivity contribution in [1.29, 1.82) is 0 Å². The van der Waals surface area contributed by atoms with Crippen molar-refractivity contribution in [2.75, 3.05) is 13.1 Å². The fourth-order valence-corrected chi connectivity index (χ4v) is 4.23. The maximum absolute atomic E-state index is 13.2. The van der Waals surface area contributed by atoms with Gasteiger partial charge in [0, 0.05) is 32.5 Å². The standard InChI is InChI=1S/C27H33F3N4O4/c1-3-5-8-23-31-17-21(34(23)18-19-9-11-20(12-10-19)25(36)37)16-22-24(35)33(14-6-4-2)26(38)32(22)15-7-13-27(28,29)30/h9-12,16-17H,3-8,13-15,18H2,1-2H3,(H,36,37)/b22-16-. The van der Waals surface area contributed by atoms with Crippen molar-refractivity contribution < 1.29 is 32.7 Å². The Morgan fingerprint density at radius 1 is 1.00 bits per heavy atom. The monoisotopic (exact) mass is 534 g/mol. The molecule has 0 atom stereocenters. The summed E-state index contributed by atoms with van der Waals surface area (Å²) in [5.41, 5.74) is 1.53. The highest BCUT2D eigenvalue weighted by molar-refractivity contribution is 6.13. The molecule has 0 bridgehead atoms. The van der Waals surface area contributed by atoms with Crippen molar-refractivity contribution in [3.63, 3.8) is 0 Å². The Balaban J connectivity index is 1.98. The number of carbonyl (C=O) groups is 3. The minimum absolute atomic E-state index is 0.0256. The average Bonchev–Trinajstić information content (AvgIpc) is 3.34. The van der Waals surface area contributed by atoms with Gasteiger partial charge in [-0.3, -0.25) is 14.6 Å². The lowest BCUT2D eigenvalue weighted by Gasteiger charge is -2.18. The van der Waals surface area contributed by atoms with Crippen LogP contribution >= 0.6 is 0 Å². The summed E-state index contributed by atoms with van der Waals surface area (Å²) in [6.45, 7) is 4.27. The van der Waals surface area contributed by atoms with Gasteiger partial charge in [0.25, 0.3) is 5.91 Å². The fraction of sp³-hybridized carbons (Fsp3) is 0.481. The minimum Gasteiger partial charge on any atom is -0.478 e. The van der Waals surface area contributed by atoms with Gasteiger partial charge in [0.15, 0.2) is 0 Å². The third-order valence-corrected chi connectivity index (χ3v) is 6.34. The number of halogens is 3. The summed E-state index contributed by atoms with van der Waals surface area (Å²) >= 11 is 0. The van der Waals surface area contributed by atoms with E-state index in [-0.39, 0.29) is 30.8 Å². The predicted molar refractivity (Wildman–Crippen MR) is 135 cm³/mol. The third kappa shape index (κ3) is 7.23. The number of urea groups is 1. The number of hydrogen-bond donors (Lipinski definition) is 1. The van der Waals surface area contributed by atoms with E-state index in [4.69, 9.17) is 0 Å². The van der Waals surface area contributed by atoms with Gasteiger partial charge in [-0.2, -0.15) is 13.2 Å². The molecular formula is C27H33F3N4O4. The summed E-state index contributed by atoms with van der Waals surface area (Å²) in [5.74, 6) is -0.815. The Morgan fingerprint density at radius 3 is 2.26 bits per heavy atom. The molecule has 1 aromatic heterocycles. The number of hydrogen-bond acceptors (Lipinski definition) is 4. The van der Waals surface area contributed by atoms with Crippen molar-refractivity contribution >= 4 is 24.0 Å². The molecule has 0 spiro atoms. The van der Waals surface area contributed by atoms with Gasteiger partial charge >= 0.3 is 18.2 Å². The molecular weight excluding hydrogens is 501 g/mol. The van der Waals surface area contributed by atoms with Gasteiger partial charge in [0.1, 0.15) is 11.5 Å². The van der Waals surface area contributed by atoms with Gasteiger partial charge in [-0.15, -0.1) is 0 Å². The van der Waals surface area contributed by atoms with Crippen molar-refractivity contribution in [2.24, 2.45) is 0 Å². The maximum Gasteiger partial charge on any atom is 0.389 e. The van der Waals surface area contributed by atoms with Crippen molar-refractivity contribution in [3.8, 4) is 0 Å². The van der Waals surface area contributed by atoms with Gasteiger partial charge in [0.2, 0.25) is 0 Å². The van der Waals surface area contributed by atoms with Gasteiger partial charge in [-0.25, -0.2) is 14.6 Å². The largest absolute Gasteiger partial charge is 0.478 e. The molecule has 2 heterocycles. The van der Waals surface area contributed by atoms with E-state index in [0.29, 0.717) is 25.1 Å². The van der Waals surface area contributed by atoms with Crippen LogP contribution in [0.4, 0.5) is 18.0 Å². The number of aryl methyl sites for hydroxylation is 1. The molecule has 0 unspecified atom stereocenters. The van der Waals surface area contributed by atoms with E-state index in [1.54, 1.807) is 18.3 Å². The fourth-order valence-electron chi connectivity index (χ4n) is 4.23. The zero-order chi connectivity index (χ0) is 27.9. The van der Waals surface area contributed by atoms with Crippen LogP contribution in [0, 0.1) is 0 Å². The number of benzene rings is 1. The molecule has 1 aliphatic rings. The molecule has 1 aromatic carbocycles. The molecule has 1 N–H and O–H groups in total. The molecule has 3 amide bonds. The first-order valence-corrected chi connectivity index (χ1v) is 12.8. The van der Waals surface area contributed by atoms with Crippen molar-refractivity contribution in [2.45, 2.75) is 71.5 Å². The van der Waals surface area contributed by atoms with Crippen molar-refractivity contribution in [3.05, 3.63) is 58.8 Å². The molecule has 0 saturated carbocycles. The normalized spacial score (nSPS) is 15.2. The second-order valence-corrected chi connectivity index (χ2v) is 9.28. The number of carbonyl (C=O) groups excluding carboxylic acids is 2. The lowest BCUT2D eigenvalue weighted by molar-refractivity contribution is -0.135. The highest BCUT2D eigenvalue weighted by Gasteiger charge is 2.41. The van der Waals surface area contributed by atoms with Gasteiger partial charge < -0.3 is 9.67 Å². The van der Waals surface area contributed by atoms with Gasteiger partial charge in [-0.05, 0) is 43.0 Å². The second-order valence-electron chi connectivity index (χ2n) is 9.28. The number of imide groups is 1. The van der Waals surface area contributed by atoms with Crippen LogP contribution in [0.5, 0.6) is 0 Å². The Bertz CT molecular complexity index is 1170. The smallest absolute Gasteiger partial charge is 0.389 e. The maximum atomic E-state index is 13.2. The van der Waals surface area contributed by atoms with Crippen LogP contribution in [-0.2, 0) is 17.8 Å². The van der Waals surface area contributed by atoms with Crippen LogP contribution in [0.2, 0.25) is 0 Å². The summed E-state index contributed by atoms with van der Waals surface area (Å²) in [6, 6.07) is 5.80.